The number of rotatable bonds is 5. The molecule has 7 heteroatoms. The van der Waals surface area contributed by atoms with E-state index in [4.69, 9.17) is 0 Å². The third-order valence-electron chi connectivity index (χ3n) is 3.73. The van der Waals surface area contributed by atoms with Gasteiger partial charge in [0, 0.05) is 12.2 Å². The fourth-order valence-electron chi connectivity index (χ4n) is 2.30. The molecule has 0 bridgehead atoms. The molecule has 3 aromatic rings. The number of aromatic amines is 1. The summed E-state index contributed by atoms with van der Waals surface area (Å²) in [5, 5.41) is 7.56. The Bertz CT molecular complexity index is 907. The summed E-state index contributed by atoms with van der Waals surface area (Å²) in [6.45, 7) is 4.07. The van der Waals surface area contributed by atoms with Crippen molar-refractivity contribution in [3.63, 3.8) is 0 Å². The Hall–Kier alpha value is -2.96. The molecule has 0 spiro atoms. The normalized spacial score (nSPS) is 12.1. The van der Waals surface area contributed by atoms with Crippen molar-refractivity contribution in [3.05, 3.63) is 52.8 Å². The number of aromatic nitrogens is 3. The summed E-state index contributed by atoms with van der Waals surface area (Å²) in [5.41, 5.74) is -0.197. The molecule has 1 unspecified atom stereocenters. The van der Waals surface area contributed by atoms with E-state index in [0.717, 1.165) is 18.0 Å². The summed E-state index contributed by atoms with van der Waals surface area (Å²) >= 11 is 0. The van der Waals surface area contributed by atoms with Gasteiger partial charge >= 0.3 is 0 Å². The molecule has 0 saturated carbocycles. The predicted molar refractivity (Wildman–Crippen MR) is 93.2 cm³/mol. The summed E-state index contributed by atoms with van der Waals surface area (Å²) in [6, 6.07) is 6.58. The summed E-state index contributed by atoms with van der Waals surface area (Å²) < 4.78 is 13.0. The van der Waals surface area contributed by atoms with E-state index in [2.05, 4.69) is 32.5 Å². The molecule has 0 aliphatic heterocycles. The maximum atomic E-state index is 13.0. The zero-order chi connectivity index (χ0) is 17.1. The van der Waals surface area contributed by atoms with E-state index in [1.165, 1.54) is 12.1 Å². The highest BCUT2D eigenvalue weighted by molar-refractivity contribution is 5.93. The topological polar surface area (TPSA) is 82.7 Å². The van der Waals surface area contributed by atoms with Gasteiger partial charge in [0.25, 0.3) is 5.56 Å². The number of nitrogens with one attached hydrogen (secondary N) is 3. The molecular weight excluding hydrogens is 309 g/mol. The van der Waals surface area contributed by atoms with E-state index in [1.807, 2.05) is 13.0 Å². The largest absolute Gasteiger partial charge is 0.367 e. The smallest absolute Gasteiger partial charge is 0.259 e. The van der Waals surface area contributed by atoms with Crippen LogP contribution in [0.15, 0.2) is 41.5 Å². The third kappa shape index (κ3) is 3.34. The second kappa shape index (κ2) is 6.66. The number of pyridine rings is 3. The summed E-state index contributed by atoms with van der Waals surface area (Å²) in [4.78, 5) is 23.3. The molecule has 3 N–H and O–H groups in total. The van der Waals surface area contributed by atoms with Crippen molar-refractivity contribution in [2.24, 2.45) is 0 Å². The van der Waals surface area contributed by atoms with Crippen LogP contribution in [0.2, 0.25) is 0 Å². The molecule has 0 aliphatic rings. The van der Waals surface area contributed by atoms with Gasteiger partial charge in [-0.15, -0.1) is 0 Å². The highest BCUT2D eigenvalue weighted by atomic mass is 19.1. The summed E-state index contributed by atoms with van der Waals surface area (Å²) in [5.74, 6) is 1.10. The minimum Gasteiger partial charge on any atom is -0.367 e. The lowest BCUT2D eigenvalue weighted by atomic mass is 10.2. The lowest BCUT2D eigenvalue weighted by Gasteiger charge is -2.15. The Morgan fingerprint density at radius 2 is 2.12 bits per heavy atom. The van der Waals surface area contributed by atoms with E-state index in [1.54, 1.807) is 12.3 Å². The first-order valence-corrected chi connectivity index (χ1v) is 7.74. The standard InChI is InChI=1S/C17H18FN5O/c1-3-10(2)21-16-15-11(6-7-19-17(15)24)8-14(23-16)22-13-5-4-12(18)9-20-13/h4-10H,3H2,1-2H3,(H,19,24)(H2,20,21,22,23). The van der Waals surface area contributed by atoms with Gasteiger partial charge in [-0.2, -0.15) is 0 Å². The first-order valence-electron chi connectivity index (χ1n) is 7.74. The van der Waals surface area contributed by atoms with Crippen LogP contribution in [0.3, 0.4) is 0 Å². The van der Waals surface area contributed by atoms with E-state index >= 15 is 0 Å². The van der Waals surface area contributed by atoms with Gasteiger partial charge in [0.2, 0.25) is 0 Å². The average molecular weight is 327 g/mol. The zero-order valence-corrected chi connectivity index (χ0v) is 13.4. The molecule has 124 valence electrons. The molecule has 3 heterocycles. The molecule has 3 aromatic heterocycles. The van der Waals surface area contributed by atoms with Gasteiger partial charge in [0.05, 0.1) is 11.6 Å². The average Bonchev–Trinajstić information content (AvgIpc) is 2.56. The molecule has 0 aromatic carbocycles. The number of hydrogen-bond acceptors (Lipinski definition) is 5. The molecule has 24 heavy (non-hydrogen) atoms. The van der Waals surface area contributed by atoms with Gasteiger partial charge in [0.1, 0.15) is 23.3 Å². The van der Waals surface area contributed by atoms with Gasteiger partial charge in [-0.1, -0.05) is 6.92 Å². The first-order chi connectivity index (χ1) is 11.6. The Balaban J connectivity index is 2.05. The minimum absolute atomic E-state index is 0.166. The molecule has 0 aliphatic carbocycles. The van der Waals surface area contributed by atoms with Crippen LogP contribution in [0.5, 0.6) is 0 Å². The van der Waals surface area contributed by atoms with E-state index in [9.17, 15) is 9.18 Å². The van der Waals surface area contributed by atoms with E-state index in [-0.39, 0.29) is 11.6 Å². The monoisotopic (exact) mass is 327 g/mol. The molecular formula is C17H18FN5O. The van der Waals surface area contributed by atoms with Crippen LogP contribution in [0.25, 0.3) is 10.8 Å². The van der Waals surface area contributed by atoms with Crippen LogP contribution in [0.4, 0.5) is 21.8 Å². The second-order valence-corrected chi connectivity index (χ2v) is 5.57. The molecule has 0 amide bonds. The van der Waals surface area contributed by atoms with Crippen LogP contribution in [-0.2, 0) is 0 Å². The Kier molecular flexibility index (Phi) is 4.41. The van der Waals surface area contributed by atoms with Crippen molar-refractivity contribution in [1.82, 2.24) is 15.0 Å². The van der Waals surface area contributed by atoms with Crippen LogP contribution in [-0.4, -0.2) is 21.0 Å². The Morgan fingerprint density at radius 3 is 2.83 bits per heavy atom. The van der Waals surface area contributed by atoms with Crippen LogP contribution >= 0.6 is 0 Å². The Labute approximate surface area is 138 Å². The van der Waals surface area contributed by atoms with Crippen molar-refractivity contribution >= 4 is 28.2 Å². The number of nitrogens with zero attached hydrogens (tertiary/aromatic N) is 2. The number of H-pyrrole nitrogens is 1. The fraction of sp³-hybridized carbons (Fsp3) is 0.235. The maximum Gasteiger partial charge on any atom is 0.259 e. The van der Waals surface area contributed by atoms with Crippen LogP contribution in [0.1, 0.15) is 20.3 Å². The van der Waals surface area contributed by atoms with Crippen molar-refractivity contribution in [1.29, 1.82) is 0 Å². The quantitative estimate of drug-likeness (QED) is 0.669. The predicted octanol–water partition coefficient (Wildman–Crippen LogP) is 3.41. The molecule has 0 saturated heterocycles. The SMILES string of the molecule is CCC(C)Nc1nc(Nc2ccc(F)cn2)cc2cc[nH]c(=O)c12. The van der Waals surface area contributed by atoms with E-state index < -0.39 is 5.82 Å². The van der Waals surface area contributed by atoms with Gasteiger partial charge < -0.3 is 15.6 Å². The summed E-state index contributed by atoms with van der Waals surface area (Å²) in [6.07, 6.45) is 3.62. The van der Waals surface area contributed by atoms with E-state index in [0.29, 0.717) is 22.8 Å². The van der Waals surface area contributed by atoms with Gasteiger partial charge in [-0.25, -0.2) is 14.4 Å². The first kappa shape index (κ1) is 15.9. The third-order valence-corrected chi connectivity index (χ3v) is 3.73. The highest BCUT2D eigenvalue weighted by Gasteiger charge is 2.12. The maximum absolute atomic E-state index is 13.0. The zero-order valence-electron chi connectivity index (χ0n) is 13.4. The molecule has 0 fully saturated rings. The fourth-order valence-corrected chi connectivity index (χ4v) is 2.30. The highest BCUT2D eigenvalue weighted by Crippen LogP contribution is 2.24. The summed E-state index contributed by atoms with van der Waals surface area (Å²) in [7, 11) is 0. The molecule has 1 atom stereocenters. The molecule has 3 rings (SSSR count). The van der Waals surface area contributed by atoms with Gasteiger partial charge in [-0.3, -0.25) is 4.79 Å². The van der Waals surface area contributed by atoms with Crippen LogP contribution in [0, 0.1) is 5.82 Å². The number of hydrogen-bond donors (Lipinski definition) is 3. The molecule has 6 nitrogen and oxygen atoms in total. The lowest BCUT2D eigenvalue weighted by Crippen LogP contribution is -2.18. The number of anilines is 3. The second-order valence-electron chi connectivity index (χ2n) is 5.57. The van der Waals surface area contributed by atoms with Crippen molar-refractivity contribution in [2.45, 2.75) is 26.3 Å². The number of fused-ring (bicyclic) bond motifs is 1. The lowest BCUT2D eigenvalue weighted by molar-refractivity contribution is 0.622. The number of halogens is 1. The minimum atomic E-state index is -0.405. The molecule has 0 radical (unpaired) electrons. The van der Waals surface area contributed by atoms with Crippen molar-refractivity contribution in [2.75, 3.05) is 10.6 Å². The van der Waals surface area contributed by atoms with Crippen LogP contribution < -0.4 is 16.2 Å². The Morgan fingerprint density at radius 1 is 1.29 bits per heavy atom. The van der Waals surface area contributed by atoms with Gasteiger partial charge in [0.15, 0.2) is 0 Å². The van der Waals surface area contributed by atoms with Crippen molar-refractivity contribution in [3.8, 4) is 0 Å². The van der Waals surface area contributed by atoms with Gasteiger partial charge in [-0.05, 0) is 43.0 Å². The van der Waals surface area contributed by atoms with Crippen molar-refractivity contribution < 1.29 is 4.39 Å².